The molecule has 29 heavy (non-hydrogen) atoms. The van der Waals surface area contributed by atoms with Crippen molar-refractivity contribution in [1.82, 2.24) is 15.2 Å². The van der Waals surface area contributed by atoms with E-state index >= 15 is 0 Å². The van der Waals surface area contributed by atoms with E-state index in [0.717, 1.165) is 6.20 Å². The highest BCUT2D eigenvalue weighted by molar-refractivity contribution is 6.30. The lowest BCUT2D eigenvalue weighted by Gasteiger charge is -2.13. The van der Waals surface area contributed by atoms with Crippen LogP contribution in [0.15, 0.2) is 54.7 Å². The molecule has 0 aliphatic carbocycles. The number of aromatic nitrogens is 2. The highest BCUT2D eigenvalue weighted by atomic mass is 35.5. The van der Waals surface area contributed by atoms with E-state index in [4.69, 9.17) is 11.6 Å². The van der Waals surface area contributed by atoms with Crippen molar-refractivity contribution in [2.45, 2.75) is 6.18 Å². The molecular weight excluding hydrogens is 415 g/mol. The van der Waals surface area contributed by atoms with Crippen LogP contribution in [0.25, 0.3) is 5.69 Å². The van der Waals surface area contributed by atoms with Gasteiger partial charge in [0, 0.05) is 11.1 Å². The zero-order valence-corrected chi connectivity index (χ0v) is 15.0. The Morgan fingerprint density at radius 1 is 1.17 bits per heavy atom. The predicted molar refractivity (Wildman–Crippen MR) is 97.8 cm³/mol. The van der Waals surface area contributed by atoms with Gasteiger partial charge in [-0.1, -0.05) is 29.8 Å². The maximum Gasteiger partial charge on any atom is 0.434 e. The van der Waals surface area contributed by atoms with Crippen LogP contribution in [0.4, 0.5) is 24.5 Å². The standard InChI is InChI=1S/C17H11ClF3N5O3/c18-10-4-3-5-11(8-10)25-15(17(19,20)21)12(9-22-25)16(27)24-23-13-6-1-2-7-14(13)26(28)29/h1-9,23H,(H,24,27). The maximum atomic E-state index is 13.6. The average Bonchev–Trinajstić information content (AvgIpc) is 3.12. The number of nitro benzene ring substituents is 1. The number of amides is 1. The summed E-state index contributed by atoms with van der Waals surface area (Å²) in [7, 11) is 0. The zero-order valence-electron chi connectivity index (χ0n) is 14.3. The second-order valence-electron chi connectivity index (χ2n) is 5.65. The van der Waals surface area contributed by atoms with Crippen molar-refractivity contribution < 1.29 is 22.9 Å². The van der Waals surface area contributed by atoms with Crippen LogP contribution in [0.3, 0.4) is 0 Å². The number of hydrogen-bond acceptors (Lipinski definition) is 5. The summed E-state index contributed by atoms with van der Waals surface area (Å²) >= 11 is 5.82. The van der Waals surface area contributed by atoms with Crippen molar-refractivity contribution >= 4 is 28.9 Å². The van der Waals surface area contributed by atoms with Crippen LogP contribution in [0, 0.1) is 10.1 Å². The number of halogens is 4. The molecule has 0 bridgehead atoms. The van der Waals surface area contributed by atoms with E-state index in [9.17, 15) is 28.1 Å². The minimum atomic E-state index is -4.91. The molecule has 1 heterocycles. The number of hydrazine groups is 1. The minimum absolute atomic E-state index is 0.00975. The molecule has 1 amide bonds. The molecule has 0 spiro atoms. The van der Waals surface area contributed by atoms with Gasteiger partial charge >= 0.3 is 6.18 Å². The normalized spacial score (nSPS) is 11.2. The van der Waals surface area contributed by atoms with E-state index in [2.05, 4.69) is 10.5 Å². The Morgan fingerprint density at radius 3 is 2.55 bits per heavy atom. The monoisotopic (exact) mass is 425 g/mol. The van der Waals surface area contributed by atoms with Gasteiger partial charge in [0.2, 0.25) is 0 Å². The Morgan fingerprint density at radius 2 is 1.90 bits per heavy atom. The number of carbonyl (C=O) groups is 1. The summed E-state index contributed by atoms with van der Waals surface area (Å²) in [5.41, 5.74) is 1.75. The van der Waals surface area contributed by atoms with E-state index in [1.165, 1.54) is 48.5 Å². The van der Waals surface area contributed by atoms with Crippen molar-refractivity contribution in [3.05, 3.63) is 81.1 Å². The number of para-hydroxylation sites is 2. The van der Waals surface area contributed by atoms with E-state index in [1.54, 1.807) is 0 Å². The number of anilines is 1. The van der Waals surface area contributed by atoms with Gasteiger partial charge in [0.1, 0.15) is 5.69 Å². The fraction of sp³-hybridized carbons (Fsp3) is 0.0588. The number of carbonyl (C=O) groups excluding carboxylic acids is 1. The first kappa shape index (κ1) is 20.1. The first-order valence-electron chi connectivity index (χ1n) is 7.89. The van der Waals surface area contributed by atoms with Gasteiger partial charge in [-0.15, -0.1) is 0 Å². The molecule has 8 nitrogen and oxygen atoms in total. The van der Waals surface area contributed by atoms with Gasteiger partial charge in [0.25, 0.3) is 11.6 Å². The Balaban J connectivity index is 1.93. The molecule has 1 aromatic heterocycles. The Bertz CT molecular complexity index is 1080. The molecule has 3 rings (SSSR count). The highest BCUT2D eigenvalue weighted by Gasteiger charge is 2.40. The molecule has 0 fully saturated rings. The third-order valence-electron chi connectivity index (χ3n) is 3.75. The van der Waals surface area contributed by atoms with Crippen molar-refractivity contribution in [3.63, 3.8) is 0 Å². The molecule has 0 atom stereocenters. The number of hydrogen-bond donors (Lipinski definition) is 2. The number of rotatable bonds is 5. The third kappa shape index (κ3) is 4.29. The van der Waals surface area contributed by atoms with Crippen LogP contribution in [-0.4, -0.2) is 20.6 Å². The molecule has 0 saturated carbocycles. The predicted octanol–water partition coefficient (Wildman–Crippen LogP) is 4.21. The topological polar surface area (TPSA) is 102 Å². The summed E-state index contributed by atoms with van der Waals surface area (Å²) in [5.74, 6) is -1.18. The molecule has 0 aliphatic rings. The molecule has 3 aromatic rings. The molecular formula is C17H11ClF3N5O3. The van der Waals surface area contributed by atoms with Crippen molar-refractivity contribution in [2.24, 2.45) is 0 Å². The van der Waals surface area contributed by atoms with Crippen molar-refractivity contribution in [1.29, 1.82) is 0 Å². The van der Waals surface area contributed by atoms with Crippen LogP contribution in [0.2, 0.25) is 5.02 Å². The second kappa shape index (κ2) is 7.80. The summed E-state index contributed by atoms with van der Waals surface area (Å²) < 4.78 is 41.5. The molecule has 0 aliphatic heterocycles. The van der Waals surface area contributed by atoms with E-state index in [1.807, 2.05) is 5.43 Å². The van der Waals surface area contributed by atoms with Crippen LogP contribution >= 0.6 is 11.6 Å². The maximum absolute atomic E-state index is 13.6. The van der Waals surface area contributed by atoms with Gasteiger partial charge in [-0.3, -0.25) is 25.8 Å². The summed E-state index contributed by atoms with van der Waals surface area (Å²) in [6.07, 6.45) is -4.16. The molecule has 0 saturated heterocycles. The van der Waals surface area contributed by atoms with Crippen LogP contribution in [-0.2, 0) is 6.18 Å². The molecule has 12 heteroatoms. The average molecular weight is 426 g/mol. The van der Waals surface area contributed by atoms with Gasteiger partial charge < -0.3 is 0 Å². The van der Waals surface area contributed by atoms with Crippen LogP contribution in [0.1, 0.15) is 16.1 Å². The zero-order chi connectivity index (χ0) is 21.2. The molecule has 0 unspecified atom stereocenters. The fourth-order valence-corrected chi connectivity index (χ4v) is 2.71. The lowest BCUT2D eigenvalue weighted by molar-refractivity contribution is -0.384. The smallest absolute Gasteiger partial charge is 0.292 e. The van der Waals surface area contributed by atoms with Crippen LogP contribution in [0.5, 0.6) is 0 Å². The summed E-state index contributed by atoms with van der Waals surface area (Å²) in [5, 5.41) is 14.8. The summed E-state index contributed by atoms with van der Waals surface area (Å²) in [6.45, 7) is 0. The van der Waals surface area contributed by atoms with Gasteiger partial charge in [-0.2, -0.15) is 18.3 Å². The number of nitro groups is 1. The van der Waals surface area contributed by atoms with Crippen LogP contribution < -0.4 is 10.9 Å². The summed E-state index contributed by atoms with van der Waals surface area (Å²) in [6, 6.07) is 10.9. The molecule has 2 N–H and O–H groups in total. The fourth-order valence-electron chi connectivity index (χ4n) is 2.52. The first-order valence-corrected chi connectivity index (χ1v) is 8.27. The summed E-state index contributed by atoms with van der Waals surface area (Å²) in [4.78, 5) is 22.6. The number of nitrogens with one attached hydrogen (secondary N) is 2. The third-order valence-corrected chi connectivity index (χ3v) is 3.98. The van der Waals surface area contributed by atoms with Crippen molar-refractivity contribution in [2.75, 3.05) is 5.43 Å². The lowest BCUT2D eigenvalue weighted by Crippen LogP contribution is -2.31. The SMILES string of the molecule is O=C(NNc1ccccc1[N+](=O)[O-])c1cnn(-c2cccc(Cl)c2)c1C(F)(F)F. The van der Waals surface area contributed by atoms with Crippen molar-refractivity contribution in [3.8, 4) is 5.69 Å². The van der Waals surface area contributed by atoms with Gasteiger partial charge in [0.15, 0.2) is 5.69 Å². The van der Waals surface area contributed by atoms with Gasteiger partial charge in [-0.25, -0.2) is 4.68 Å². The van der Waals surface area contributed by atoms with E-state index in [-0.39, 0.29) is 22.1 Å². The molecule has 150 valence electrons. The Hall–Kier alpha value is -3.60. The number of benzene rings is 2. The number of alkyl halides is 3. The minimum Gasteiger partial charge on any atom is -0.292 e. The quantitative estimate of drug-likeness (QED) is 0.471. The first-order chi connectivity index (χ1) is 13.7. The Labute approximate surface area is 166 Å². The molecule has 2 aromatic carbocycles. The van der Waals surface area contributed by atoms with E-state index < -0.39 is 28.3 Å². The molecule has 0 radical (unpaired) electrons. The number of nitrogens with zero attached hydrogens (tertiary/aromatic N) is 3. The van der Waals surface area contributed by atoms with Gasteiger partial charge in [0.05, 0.1) is 22.4 Å². The lowest BCUT2D eigenvalue weighted by atomic mass is 10.2. The second-order valence-corrected chi connectivity index (χ2v) is 6.09. The van der Waals surface area contributed by atoms with Gasteiger partial charge in [-0.05, 0) is 24.3 Å². The van der Waals surface area contributed by atoms with E-state index in [0.29, 0.717) is 4.68 Å². The Kier molecular flexibility index (Phi) is 5.41. The highest BCUT2D eigenvalue weighted by Crippen LogP contribution is 2.34. The largest absolute Gasteiger partial charge is 0.434 e.